The molecule has 4 nitrogen and oxygen atoms in total. The van der Waals surface area contributed by atoms with Crippen LogP contribution in [0.25, 0.3) is 0 Å². The number of nitrogens with one attached hydrogen (secondary N) is 2. The van der Waals surface area contributed by atoms with E-state index in [2.05, 4.69) is 26.7 Å². The fourth-order valence-corrected chi connectivity index (χ4v) is 2.75. The van der Waals surface area contributed by atoms with Crippen LogP contribution in [0.5, 0.6) is 0 Å². The molecular formula is C14H12BrClFN3O. The molecule has 4 N–H and O–H groups in total. The highest BCUT2D eigenvalue weighted by Crippen LogP contribution is 2.32. The minimum atomic E-state index is -0.487. The number of carbonyl (C=O) groups excluding carboxylic acids is 1. The molecule has 0 aliphatic heterocycles. The average molecular weight is 373 g/mol. The molecule has 110 valence electrons. The lowest BCUT2D eigenvalue weighted by Gasteiger charge is -2.12. The molecule has 2 aromatic rings. The number of hydrogen-bond acceptors (Lipinski definition) is 3. The Balaban J connectivity index is 2.30. The van der Waals surface area contributed by atoms with Crippen LogP contribution >= 0.6 is 27.5 Å². The number of hydrazine groups is 1. The Morgan fingerprint density at radius 2 is 2.05 bits per heavy atom. The minimum absolute atomic E-state index is 0.119. The largest absolute Gasteiger partial charge is 0.324 e. The van der Waals surface area contributed by atoms with Crippen LogP contribution in [0.15, 0.2) is 34.8 Å². The Labute approximate surface area is 134 Å². The summed E-state index contributed by atoms with van der Waals surface area (Å²) < 4.78 is 13.5. The molecule has 0 heterocycles. The molecule has 0 atom stereocenters. The van der Waals surface area contributed by atoms with E-state index in [4.69, 9.17) is 17.4 Å². The highest BCUT2D eigenvalue weighted by atomic mass is 79.9. The van der Waals surface area contributed by atoms with Crippen molar-refractivity contribution >= 4 is 44.8 Å². The number of aryl methyl sites for hydroxylation is 1. The van der Waals surface area contributed by atoms with Gasteiger partial charge in [0.1, 0.15) is 5.82 Å². The number of halogens is 3. The van der Waals surface area contributed by atoms with Gasteiger partial charge in [0.2, 0.25) is 0 Å². The van der Waals surface area contributed by atoms with Crippen molar-refractivity contribution in [1.82, 2.24) is 0 Å². The van der Waals surface area contributed by atoms with Crippen LogP contribution in [0.1, 0.15) is 15.9 Å². The molecule has 0 aliphatic rings. The summed E-state index contributed by atoms with van der Waals surface area (Å²) in [4.78, 5) is 12.3. The number of hydrogen-bond donors (Lipinski definition) is 3. The molecule has 0 saturated heterocycles. The van der Waals surface area contributed by atoms with Crippen molar-refractivity contribution < 1.29 is 9.18 Å². The van der Waals surface area contributed by atoms with Crippen molar-refractivity contribution in [3.8, 4) is 0 Å². The summed E-state index contributed by atoms with van der Waals surface area (Å²) in [5.74, 6) is 4.48. The lowest BCUT2D eigenvalue weighted by Crippen LogP contribution is -2.15. The molecule has 0 spiro atoms. The third-order valence-corrected chi connectivity index (χ3v) is 3.81. The van der Waals surface area contributed by atoms with Crippen molar-refractivity contribution in [2.75, 3.05) is 10.7 Å². The van der Waals surface area contributed by atoms with Gasteiger partial charge in [-0.15, -0.1) is 0 Å². The Morgan fingerprint density at radius 3 is 2.62 bits per heavy atom. The summed E-state index contributed by atoms with van der Waals surface area (Å²) in [5, 5.41) is 2.78. The lowest BCUT2D eigenvalue weighted by molar-refractivity contribution is 0.102. The van der Waals surface area contributed by atoms with Gasteiger partial charge < -0.3 is 10.7 Å². The van der Waals surface area contributed by atoms with Crippen LogP contribution in [0, 0.1) is 12.7 Å². The van der Waals surface area contributed by atoms with Gasteiger partial charge in [0, 0.05) is 15.7 Å². The van der Waals surface area contributed by atoms with E-state index in [0.29, 0.717) is 21.4 Å². The fourth-order valence-electron chi connectivity index (χ4n) is 1.85. The Morgan fingerprint density at radius 1 is 1.33 bits per heavy atom. The molecule has 0 bridgehead atoms. The zero-order valence-corrected chi connectivity index (χ0v) is 13.3. The zero-order chi connectivity index (χ0) is 15.6. The zero-order valence-electron chi connectivity index (χ0n) is 11.0. The molecule has 7 heteroatoms. The number of benzene rings is 2. The van der Waals surface area contributed by atoms with Gasteiger partial charge in [-0.2, -0.15) is 0 Å². The highest BCUT2D eigenvalue weighted by Gasteiger charge is 2.14. The Kier molecular flexibility index (Phi) is 4.82. The Bertz CT molecular complexity index is 686. The lowest BCUT2D eigenvalue weighted by atomic mass is 10.1. The molecule has 0 radical (unpaired) electrons. The van der Waals surface area contributed by atoms with Crippen LogP contribution in [0.4, 0.5) is 15.8 Å². The van der Waals surface area contributed by atoms with Gasteiger partial charge in [-0.3, -0.25) is 10.6 Å². The second kappa shape index (κ2) is 6.43. The van der Waals surface area contributed by atoms with Gasteiger partial charge in [0.25, 0.3) is 5.91 Å². The molecule has 0 aromatic heterocycles. The van der Waals surface area contributed by atoms with E-state index in [9.17, 15) is 9.18 Å². The summed E-state index contributed by atoms with van der Waals surface area (Å²) in [6, 6.07) is 7.44. The van der Waals surface area contributed by atoms with E-state index >= 15 is 0 Å². The highest BCUT2D eigenvalue weighted by molar-refractivity contribution is 9.10. The second-order valence-corrected chi connectivity index (χ2v) is 5.63. The number of carbonyl (C=O) groups is 1. The number of nitrogen functional groups attached to an aromatic ring is 1. The molecule has 21 heavy (non-hydrogen) atoms. The molecular weight excluding hydrogens is 361 g/mol. The fraction of sp³-hybridized carbons (Fsp3) is 0.0714. The topological polar surface area (TPSA) is 67.1 Å². The van der Waals surface area contributed by atoms with Crippen molar-refractivity contribution in [2.24, 2.45) is 5.84 Å². The summed E-state index contributed by atoms with van der Waals surface area (Å²) in [5.41, 5.74) is 4.75. The number of nitrogens with two attached hydrogens (primary N) is 1. The van der Waals surface area contributed by atoms with E-state index in [-0.39, 0.29) is 10.9 Å². The first-order valence-corrected chi connectivity index (χ1v) is 7.12. The monoisotopic (exact) mass is 371 g/mol. The van der Waals surface area contributed by atoms with Crippen molar-refractivity contribution in [3.63, 3.8) is 0 Å². The average Bonchev–Trinajstić information content (AvgIpc) is 2.42. The van der Waals surface area contributed by atoms with Crippen molar-refractivity contribution in [1.29, 1.82) is 0 Å². The predicted octanol–water partition coefficient (Wildman–Crippen LogP) is 4.09. The molecule has 1 amide bonds. The third kappa shape index (κ3) is 3.53. The maximum Gasteiger partial charge on any atom is 0.256 e. The molecule has 2 rings (SSSR count). The second-order valence-electron chi connectivity index (χ2n) is 4.37. The van der Waals surface area contributed by atoms with E-state index < -0.39 is 5.82 Å². The number of amides is 1. The van der Waals surface area contributed by atoms with E-state index in [1.54, 1.807) is 25.1 Å². The van der Waals surface area contributed by atoms with Crippen LogP contribution in [-0.2, 0) is 0 Å². The SMILES string of the molecule is Cc1cc(NN)ccc1C(=O)Nc1c(Cl)cc(F)cc1Br. The number of rotatable bonds is 3. The predicted molar refractivity (Wildman–Crippen MR) is 86.1 cm³/mol. The third-order valence-electron chi connectivity index (χ3n) is 2.88. The van der Waals surface area contributed by atoms with Gasteiger partial charge in [0.05, 0.1) is 10.7 Å². The quantitative estimate of drug-likeness (QED) is 0.561. The summed E-state index contributed by atoms with van der Waals surface area (Å²) in [6.07, 6.45) is 0. The van der Waals surface area contributed by atoms with Crippen LogP contribution in [0.3, 0.4) is 0 Å². The van der Waals surface area contributed by atoms with E-state index in [1.807, 2.05) is 0 Å². The van der Waals surface area contributed by atoms with Gasteiger partial charge in [-0.25, -0.2) is 4.39 Å². The smallest absolute Gasteiger partial charge is 0.256 e. The summed E-state index contributed by atoms with van der Waals surface area (Å²) >= 11 is 9.12. The standard InChI is InChI=1S/C14H12BrClFN3O/c1-7-4-9(20-18)2-3-10(7)14(21)19-13-11(15)5-8(17)6-12(13)16/h2-6,20H,18H2,1H3,(H,19,21). The first-order chi connectivity index (χ1) is 9.92. The van der Waals surface area contributed by atoms with Crippen LogP contribution in [-0.4, -0.2) is 5.91 Å². The van der Waals surface area contributed by atoms with Gasteiger partial charge in [0.15, 0.2) is 0 Å². The van der Waals surface area contributed by atoms with Gasteiger partial charge in [-0.1, -0.05) is 11.6 Å². The van der Waals surface area contributed by atoms with Crippen molar-refractivity contribution in [2.45, 2.75) is 6.92 Å². The first kappa shape index (κ1) is 15.8. The van der Waals surface area contributed by atoms with E-state index in [0.717, 1.165) is 11.6 Å². The van der Waals surface area contributed by atoms with Gasteiger partial charge in [-0.05, 0) is 58.7 Å². The van der Waals surface area contributed by atoms with Gasteiger partial charge >= 0.3 is 0 Å². The molecule has 2 aromatic carbocycles. The normalized spacial score (nSPS) is 10.3. The molecule has 0 saturated carbocycles. The van der Waals surface area contributed by atoms with Crippen LogP contribution in [0.2, 0.25) is 5.02 Å². The first-order valence-electron chi connectivity index (χ1n) is 5.95. The van der Waals surface area contributed by atoms with Crippen molar-refractivity contribution in [3.05, 3.63) is 56.8 Å². The molecule has 0 fully saturated rings. The Hall–Kier alpha value is -1.63. The maximum atomic E-state index is 13.2. The summed E-state index contributed by atoms with van der Waals surface area (Å²) in [7, 11) is 0. The maximum absolute atomic E-state index is 13.2. The number of anilines is 2. The summed E-state index contributed by atoms with van der Waals surface area (Å²) in [6.45, 7) is 1.79. The van der Waals surface area contributed by atoms with E-state index in [1.165, 1.54) is 6.07 Å². The molecule has 0 aliphatic carbocycles. The van der Waals surface area contributed by atoms with Crippen LogP contribution < -0.4 is 16.6 Å². The molecule has 0 unspecified atom stereocenters. The minimum Gasteiger partial charge on any atom is -0.324 e.